The summed E-state index contributed by atoms with van der Waals surface area (Å²) in [7, 11) is 0. The Hall–Kier alpha value is -0.420. The summed E-state index contributed by atoms with van der Waals surface area (Å²) in [6.45, 7) is 3.87. The predicted octanol–water partition coefficient (Wildman–Crippen LogP) is 3.27. The van der Waals surface area contributed by atoms with Crippen LogP contribution in [0.1, 0.15) is 42.9 Å². The van der Waals surface area contributed by atoms with Gasteiger partial charge in [-0.3, -0.25) is 4.90 Å². The van der Waals surface area contributed by atoms with E-state index in [1.54, 1.807) is 5.56 Å². The smallest absolute Gasteiger partial charge is 0.0599 e. The van der Waals surface area contributed by atoms with Gasteiger partial charge >= 0.3 is 0 Å². The van der Waals surface area contributed by atoms with Crippen LogP contribution >= 0.6 is 15.9 Å². The van der Waals surface area contributed by atoms with Crippen molar-refractivity contribution in [2.75, 3.05) is 26.2 Å². The van der Waals surface area contributed by atoms with E-state index in [0.29, 0.717) is 12.1 Å². The molecule has 0 aromatic heterocycles. The normalized spacial score (nSPS) is 23.4. The highest BCUT2D eigenvalue weighted by Crippen LogP contribution is 2.38. The Morgan fingerprint density at radius 3 is 2.81 bits per heavy atom. The van der Waals surface area contributed by atoms with Crippen LogP contribution in [0.15, 0.2) is 22.7 Å². The van der Waals surface area contributed by atoms with Crippen molar-refractivity contribution in [3.05, 3.63) is 33.8 Å². The molecular weight excluding hydrogens is 328 g/mol. The highest BCUT2D eigenvalue weighted by Gasteiger charge is 2.30. The third-order valence-corrected chi connectivity index (χ3v) is 5.26. The molecule has 0 saturated carbocycles. The summed E-state index contributed by atoms with van der Waals surface area (Å²) in [5.41, 5.74) is 8.58. The average molecular weight is 353 g/mol. The topological polar surface area (TPSA) is 38.5 Å². The SMILES string of the molecule is NCCCOC1CCN(C2CCc3cc(Br)ccc32)CC1. The van der Waals surface area contributed by atoms with E-state index in [1.807, 2.05) is 0 Å². The van der Waals surface area contributed by atoms with Crippen molar-refractivity contribution in [1.29, 1.82) is 0 Å². The maximum absolute atomic E-state index is 5.91. The molecule has 1 saturated heterocycles. The van der Waals surface area contributed by atoms with Gasteiger partial charge in [-0.15, -0.1) is 0 Å². The molecule has 2 N–H and O–H groups in total. The molecule has 2 aliphatic rings. The van der Waals surface area contributed by atoms with E-state index in [4.69, 9.17) is 10.5 Å². The van der Waals surface area contributed by atoms with Crippen molar-refractivity contribution < 1.29 is 4.74 Å². The van der Waals surface area contributed by atoms with Crippen LogP contribution in [-0.2, 0) is 11.2 Å². The first-order chi connectivity index (χ1) is 10.3. The van der Waals surface area contributed by atoms with Crippen LogP contribution in [-0.4, -0.2) is 37.2 Å². The number of nitrogens with zero attached hydrogens (tertiary/aromatic N) is 1. The number of likely N-dealkylation sites (tertiary alicyclic amines) is 1. The zero-order valence-corrected chi connectivity index (χ0v) is 14.1. The van der Waals surface area contributed by atoms with Crippen molar-refractivity contribution in [2.45, 2.75) is 44.2 Å². The molecule has 1 aromatic carbocycles. The van der Waals surface area contributed by atoms with Gasteiger partial charge in [0.1, 0.15) is 0 Å². The quantitative estimate of drug-likeness (QED) is 0.826. The first-order valence-corrected chi connectivity index (χ1v) is 8.91. The molecule has 1 aliphatic heterocycles. The summed E-state index contributed by atoms with van der Waals surface area (Å²) < 4.78 is 7.11. The van der Waals surface area contributed by atoms with Gasteiger partial charge in [0.25, 0.3) is 0 Å². The van der Waals surface area contributed by atoms with Gasteiger partial charge in [0.15, 0.2) is 0 Å². The number of benzene rings is 1. The summed E-state index contributed by atoms with van der Waals surface area (Å²) >= 11 is 3.58. The van der Waals surface area contributed by atoms with Gasteiger partial charge in [0.05, 0.1) is 6.10 Å². The molecule has 21 heavy (non-hydrogen) atoms. The van der Waals surface area contributed by atoms with Crippen LogP contribution in [0.25, 0.3) is 0 Å². The fourth-order valence-corrected chi connectivity index (χ4v) is 4.04. The molecule has 0 bridgehead atoms. The zero-order valence-electron chi connectivity index (χ0n) is 12.6. The Bertz CT molecular complexity index is 472. The molecular formula is C17H25BrN2O. The number of nitrogens with two attached hydrogens (primary N) is 1. The minimum absolute atomic E-state index is 0.443. The second-order valence-corrected chi connectivity index (χ2v) is 7.06. The van der Waals surface area contributed by atoms with Crippen LogP contribution in [0.4, 0.5) is 0 Å². The van der Waals surface area contributed by atoms with E-state index in [-0.39, 0.29) is 0 Å². The van der Waals surface area contributed by atoms with Crippen LogP contribution < -0.4 is 5.73 Å². The van der Waals surface area contributed by atoms with E-state index >= 15 is 0 Å². The predicted molar refractivity (Wildman–Crippen MR) is 89.4 cm³/mol. The lowest BCUT2D eigenvalue weighted by atomic mass is 10.0. The molecule has 4 heteroatoms. The fraction of sp³-hybridized carbons (Fsp3) is 0.647. The number of aryl methyl sites for hydroxylation is 1. The molecule has 0 radical (unpaired) electrons. The van der Waals surface area contributed by atoms with Gasteiger partial charge < -0.3 is 10.5 Å². The van der Waals surface area contributed by atoms with Crippen molar-refractivity contribution >= 4 is 15.9 Å². The van der Waals surface area contributed by atoms with Gasteiger partial charge in [-0.1, -0.05) is 22.0 Å². The number of fused-ring (bicyclic) bond motifs is 1. The Morgan fingerprint density at radius 2 is 2.05 bits per heavy atom. The van der Waals surface area contributed by atoms with E-state index in [9.17, 15) is 0 Å². The van der Waals surface area contributed by atoms with Crippen molar-refractivity contribution in [3.63, 3.8) is 0 Å². The fourth-order valence-electron chi connectivity index (χ4n) is 3.63. The minimum Gasteiger partial charge on any atom is -0.378 e. The van der Waals surface area contributed by atoms with Gasteiger partial charge in [0, 0.05) is 30.2 Å². The number of rotatable bonds is 5. The van der Waals surface area contributed by atoms with Crippen molar-refractivity contribution in [2.24, 2.45) is 5.73 Å². The van der Waals surface area contributed by atoms with Crippen molar-refractivity contribution in [1.82, 2.24) is 4.90 Å². The van der Waals surface area contributed by atoms with Gasteiger partial charge in [-0.05, 0) is 61.9 Å². The van der Waals surface area contributed by atoms with Gasteiger partial charge in [-0.25, -0.2) is 0 Å². The Balaban J connectivity index is 1.54. The lowest BCUT2D eigenvalue weighted by molar-refractivity contribution is -0.00236. The van der Waals surface area contributed by atoms with Crippen LogP contribution in [0.2, 0.25) is 0 Å². The molecule has 1 heterocycles. The molecule has 0 spiro atoms. The van der Waals surface area contributed by atoms with E-state index < -0.39 is 0 Å². The average Bonchev–Trinajstić information content (AvgIpc) is 2.91. The van der Waals surface area contributed by atoms with Crippen molar-refractivity contribution in [3.8, 4) is 0 Å². The molecule has 3 rings (SSSR count). The summed E-state index contributed by atoms with van der Waals surface area (Å²) in [6, 6.07) is 7.40. The molecule has 1 fully saturated rings. The third-order valence-electron chi connectivity index (χ3n) is 4.77. The highest BCUT2D eigenvalue weighted by atomic mass is 79.9. The number of piperidine rings is 1. The lowest BCUT2D eigenvalue weighted by Crippen LogP contribution is -2.39. The Labute approximate surface area is 136 Å². The molecule has 1 aromatic rings. The summed E-state index contributed by atoms with van der Waals surface area (Å²) in [6.07, 6.45) is 6.22. The maximum atomic E-state index is 5.91. The number of halogens is 1. The highest BCUT2D eigenvalue weighted by molar-refractivity contribution is 9.10. The molecule has 1 atom stereocenters. The molecule has 116 valence electrons. The third kappa shape index (κ3) is 3.67. The zero-order chi connectivity index (χ0) is 14.7. The largest absolute Gasteiger partial charge is 0.378 e. The van der Waals surface area contributed by atoms with E-state index in [2.05, 4.69) is 39.0 Å². The van der Waals surface area contributed by atoms with Crippen LogP contribution in [0.3, 0.4) is 0 Å². The molecule has 3 nitrogen and oxygen atoms in total. The van der Waals surface area contributed by atoms with Crippen LogP contribution in [0.5, 0.6) is 0 Å². The number of hydrogen-bond acceptors (Lipinski definition) is 3. The molecule has 1 unspecified atom stereocenters. The first kappa shape index (κ1) is 15.5. The van der Waals surface area contributed by atoms with E-state index in [1.165, 1.54) is 22.9 Å². The minimum atomic E-state index is 0.443. The van der Waals surface area contributed by atoms with E-state index in [0.717, 1.165) is 45.5 Å². The summed E-state index contributed by atoms with van der Waals surface area (Å²) in [4.78, 5) is 2.66. The summed E-state index contributed by atoms with van der Waals surface area (Å²) in [5.74, 6) is 0. The Kier molecular flexibility index (Phi) is 5.33. The second kappa shape index (κ2) is 7.23. The second-order valence-electron chi connectivity index (χ2n) is 6.15. The standard InChI is InChI=1S/C17H25BrN2O/c18-14-3-4-16-13(12-14)2-5-17(16)20-9-6-15(7-10-20)21-11-1-8-19/h3-4,12,15,17H,1-2,5-11,19H2. The number of ether oxygens (including phenoxy) is 1. The number of hydrogen-bond donors (Lipinski definition) is 1. The summed E-state index contributed by atoms with van der Waals surface area (Å²) in [5, 5.41) is 0. The molecule has 1 aliphatic carbocycles. The maximum Gasteiger partial charge on any atom is 0.0599 e. The lowest BCUT2D eigenvalue weighted by Gasteiger charge is -2.36. The van der Waals surface area contributed by atoms with Gasteiger partial charge in [0.2, 0.25) is 0 Å². The first-order valence-electron chi connectivity index (χ1n) is 8.12. The molecule has 0 amide bonds. The van der Waals surface area contributed by atoms with Gasteiger partial charge in [-0.2, -0.15) is 0 Å². The Morgan fingerprint density at radius 1 is 1.24 bits per heavy atom. The monoisotopic (exact) mass is 352 g/mol. The van der Waals surface area contributed by atoms with Crippen LogP contribution in [0, 0.1) is 0 Å².